The number of carboxylic acid groups (broad SMARTS) is 1. The molecule has 0 aliphatic heterocycles. The lowest BCUT2D eigenvalue weighted by Crippen LogP contribution is -2.53. The van der Waals surface area contributed by atoms with Crippen LogP contribution in [0.1, 0.15) is 105 Å². The monoisotopic (exact) mass is 415 g/mol. The van der Waals surface area contributed by atoms with Crippen LogP contribution >= 0.6 is 0 Å². The van der Waals surface area contributed by atoms with Crippen molar-refractivity contribution in [1.29, 1.82) is 0 Å². The minimum absolute atomic E-state index is 0.321. The third-order valence-electron chi connectivity index (χ3n) is 10.9. The Morgan fingerprint density at radius 3 is 2.47 bits per heavy atom. The Hall–Kier alpha value is -0.860. The van der Waals surface area contributed by atoms with Crippen molar-refractivity contribution in [3.05, 3.63) is 0 Å². The van der Waals surface area contributed by atoms with E-state index >= 15 is 0 Å². The van der Waals surface area contributed by atoms with E-state index in [0.717, 1.165) is 62.2 Å². The van der Waals surface area contributed by atoms with Crippen molar-refractivity contribution >= 4 is 11.8 Å². The van der Waals surface area contributed by atoms with Crippen molar-refractivity contribution in [2.45, 2.75) is 105 Å². The Morgan fingerprint density at radius 2 is 1.73 bits per heavy atom. The Labute approximate surface area is 183 Å². The summed E-state index contributed by atoms with van der Waals surface area (Å²) in [6.45, 7) is 9.35. The maximum absolute atomic E-state index is 12.1. The van der Waals surface area contributed by atoms with Crippen LogP contribution in [0.3, 0.4) is 0 Å². The van der Waals surface area contributed by atoms with Gasteiger partial charge in [-0.15, -0.1) is 0 Å². The van der Waals surface area contributed by atoms with Crippen molar-refractivity contribution in [3.63, 3.8) is 0 Å². The number of carboxylic acids is 1. The van der Waals surface area contributed by atoms with Crippen LogP contribution in [0, 0.1) is 52.3 Å². The zero-order chi connectivity index (χ0) is 21.7. The van der Waals surface area contributed by atoms with Gasteiger partial charge in [0.05, 0.1) is 0 Å². The smallest absolute Gasteiger partial charge is 0.133 e. The number of carbonyl (C=O) groups excluding carboxylic acids is 2. The molecule has 4 saturated carbocycles. The van der Waals surface area contributed by atoms with E-state index in [2.05, 4.69) is 20.8 Å². The summed E-state index contributed by atoms with van der Waals surface area (Å²) < 4.78 is 0. The molecule has 3 nitrogen and oxygen atoms in total. The summed E-state index contributed by atoms with van der Waals surface area (Å²) in [5.74, 6) is 3.98. The van der Waals surface area contributed by atoms with Crippen molar-refractivity contribution in [2.24, 2.45) is 52.3 Å². The molecule has 4 aliphatic rings. The van der Waals surface area contributed by atoms with Gasteiger partial charge in [0.2, 0.25) is 0 Å². The van der Waals surface area contributed by atoms with Crippen LogP contribution in [-0.4, -0.2) is 11.8 Å². The minimum atomic E-state index is -0.901. The van der Waals surface area contributed by atoms with Gasteiger partial charge < -0.3 is 9.90 Å². The number of aliphatic carboxylic acids is 1. The first-order valence-electron chi connectivity index (χ1n) is 12.9. The Morgan fingerprint density at radius 1 is 1.00 bits per heavy atom. The highest BCUT2D eigenvalue weighted by molar-refractivity contribution is 5.79. The van der Waals surface area contributed by atoms with Gasteiger partial charge in [0.1, 0.15) is 5.78 Å². The molecule has 30 heavy (non-hydrogen) atoms. The number of rotatable bonds is 6. The average molecular weight is 416 g/mol. The molecule has 0 saturated heterocycles. The summed E-state index contributed by atoms with van der Waals surface area (Å²) in [6, 6.07) is 0. The largest absolute Gasteiger partial charge is 0.550 e. The van der Waals surface area contributed by atoms with E-state index in [1.807, 2.05) is 0 Å². The lowest BCUT2D eigenvalue weighted by molar-refractivity contribution is -0.311. The maximum Gasteiger partial charge on any atom is 0.133 e. The molecule has 0 unspecified atom stereocenters. The second-order valence-corrected chi connectivity index (χ2v) is 12.3. The van der Waals surface area contributed by atoms with Crippen LogP contribution in [0.25, 0.3) is 0 Å². The second kappa shape index (κ2) is 8.24. The van der Waals surface area contributed by atoms with Gasteiger partial charge in [0.15, 0.2) is 0 Å². The summed E-state index contributed by atoms with van der Waals surface area (Å²) >= 11 is 0. The normalized spacial score (nSPS) is 45.2. The molecule has 4 fully saturated rings. The highest BCUT2D eigenvalue weighted by Crippen LogP contribution is 2.68. The quantitative estimate of drug-likeness (QED) is 0.583. The van der Waals surface area contributed by atoms with E-state index in [9.17, 15) is 14.7 Å². The summed E-state index contributed by atoms with van der Waals surface area (Å²) in [4.78, 5) is 23.1. The lowest BCUT2D eigenvalue weighted by atomic mass is 9.44. The number of fused-ring (bicyclic) bond motifs is 5. The molecule has 0 aromatic rings. The first-order chi connectivity index (χ1) is 14.2. The molecule has 0 bridgehead atoms. The molecule has 0 heterocycles. The molecule has 170 valence electrons. The third-order valence-corrected chi connectivity index (χ3v) is 10.9. The molecular weight excluding hydrogens is 372 g/mol. The fourth-order valence-corrected chi connectivity index (χ4v) is 9.09. The van der Waals surface area contributed by atoms with E-state index in [-0.39, 0.29) is 5.92 Å². The minimum Gasteiger partial charge on any atom is -0.550 e. The van der Waals surface area contributed by atoms with E-state index in [4.69, 9.17) is 0 Å². The number of hydrogen-bond acceptors (Lipinski definition) is 3. The Kier molecular flexibility index (Phi) is 6.14. The number of Topliss-reactive ketones (excluding diaryl/α,β-unsaturated/α-hetero) is 1. The van der Waals surface area contributed by atoms with Crippen LogP contribution in [0.15, 0.2) is 0 Å². The Balaban J connectivity index is 1.42. The first-order valence-corrected chi connectivity index (χ1v) is 12.9. The summed E-state index contributed by atoms with van der Waals surface area (Å²) in [5.41, 5.74) is 0.872. The highest BCUT2D eigenvalue weighted by atomic mass is 16.4. The van der Waals surface area contributed by atoms with Gasteiger partial charge in [-0.2, -0.15) is 0 Å². The number of hydrogen-bond donors (Lipinski definition) is 0. The van der Waals surface area contributed by atoms with E-state index in [1.165, 1.54) is 38.5 Å². The number of carbonyl (C=O) groups is 2. The molecule has 4 rings (SSSR count). The van der Waals surface area contributed by atoms with Gasteiger partial charge in [-0.05, 0) is 104 Å². The molecule has 0 amide bonds. The molecule has 0 aromatic carbocycles. The molecule has 0 radical (unpaired) electrons. The van der Waals surface area contributed by atoms with E-state index in [1.54, 1.807) is 6.92 Å². The summed E-state index contributed by atoms with van der Waals surface area (Å²) in [6.07, 6.45) is 13.8. The third kappa shape index (κ3) is 3.66. The summed E-state index contributed by atoms with van der Waals surface area (Å²) in [5, 5.41) is 11.0. The SMILES string of the molecule is C[C@H](CCC[C@H](C)C(=O)[O-])[C@H]1CC[C@H]2[C@@H]3CC[C@H]4CC(=O)CC[C@]4(C)[C@H]3CC[C@]12C. The maximum atomic E-state index is 12.1. The molecule has 9 atom stereocenters. The van der Waals surface area contributed by atoms with E-state index < -0.39 is 5.97 Å². The van der Waals surface area contributed by atoms with Crippen LogP contribution in [0.2, 0.25) is 0 Å². The predicted octanol–water partition coefficient (Wildman–Crippen LogP) is 5.41. The number of ketones is 1. The second-order valence-electron chi connectivity index (χ2n) is 12.3. The zero-order valence-corrected chi connectivity index (χ0v) is 19.8. The van der Waals surface area contributed by atoms with Crippen molar-refractivity contribution in [3.8, 4) is 0 Å². The van der Waals surface area contributed by atoms with Crippen molar-refractivity contribution < 1.29 is 14.7 Å². The molecule has 4 aliphatic carbocycles. The van der Waals surface area contributed by atoms with Gasteiger partial charge in [0.25, 0.3) is 0 Å². The fraction of sp³-hybridized carbons (Fsp3) is 0.926. The van der Waals surface area contributed by atoms with Crippen LogP contribution in [0.5, 0.6) is 0 Å². The van der Waals surface area contributed by atoms with Gasteiger partial charge in [-0.25, -0.2) is 0 Å². The van der Waals surface area contributed by atoms with Crippen molar-refractivity contribution in [2.75, 3.05) is 0 Å². The molecule has 3 heteroatoms. The standard InChI is InChI=1S/C27H44O3/c1-17(6-5-7-18(2)25(29)30)22-10-11-23-21-9-8-19-16-20(28)12-14-26(19,3)24(21)13-15-27(22,23)4/h17-19,21-24H,5-16H2,1-4H3,(H,29,30)/p-1/t17-,18+,19+,21+,22-,23+,24+,26+,27-/m1/s1. The molecule has 0 N–H and O–H groups in total. The van der Waals surface area contributed by atoms with Crippen LogP contribution < -0.4 is 5.11 Å². The van der Waals surface area contributed by atoms with Crippen molar-refractivity contribution in [1.82, 2.24) is 0 Å². The topological polar surface area (TPSA) is 57.2 Å². The Bertz CT molecular complexity index is 671. The molecule has 0 spiro atoms. The predicted molar refractivity (Wildman–Crippen MR) is 117 cm³/mol. The molecule has 0 aromatic heterocycles. The average Bonchev–Trinajstić information content (AvgIpc) is 3.05. The van der Waals surface area contributed by atoms with Crippen LogP contribution in [-0.2, 0) is 9.59 Å². The van der Waals surface area contributed by atoms with E-state index in [0.29, 0.717) is 28.4 Å². The van der Waals surface area contributed by atoms with Gasteiger partial charge in [0, 0.05) is 18.8 Å². The zero-order valence-electron chi connectivity index (χ0n) is 19.8. The van der Waals surface area contributed by atoms with Gasteiger partial charge in [-0.3, -0.25) is 4.79 Å². The molecular formula is C27H43O3-. The van der Waals surface area contributed by atoms with Gasteiger partial charge >= 0.3 is 0 Å². The fourth-order valence-electron chi connectivity index (χ4n) is 9.09. The van der Waals surface area contributed by atoms with Crippen LogP contribution in [0.4, 0.5) is 0 Å². The van der Waals surface area contributed by atoms with Gasteiger partial charge in [-0.1, -0.05) is 40.5 Å². The first kappa shape index (κ1) is 22.3. The lowest BCUT2D eigenvalue weighted by Gasteiger charge is -2.60. The highest BCUT2D eigenvalue weighted by Gasteiger charge is 2.60. The summed E-state index contributed by atoms with van der Waals surface area (Å²) in [7, 11) is 0.